The first-order valence-electron chi connectivity index (χ1n) is 6.63. The molecule has 2 rings (SSSR count). The first-order chi connectivity index (χ1) is 9.97. The standard InChI is InChI=1S/C15H17ClN2O3/c1-4-21-15(20)13-9(2)17-12(14(19)18(13)3)10-7-5-6-8-11(10)16/h5-8,12,17H,4H2,1-3H3. The molecule has 1 heterocycles. The van der Waals surface area contributed by atoms with Crippen LogP contribution in [0.3, 0.4) is 0 Å². The van der Waals surface area contributed by atoms with Crippen LogP contribution >= 0.6 is 11.6 Å². The smallest absolute Gasteiger partial charge is 0.356 e. The highest BCUT2D eigenvalue weighted by Gasteiger charge is 2.36. The molecule has 1 aliphatic rings. The second-order valence-corrected chi connectivity index (χ2v) is 5.10. The molecule has 1 unspecified atom stereocenters. The van der Waals surface area contributed by atoms with E-state index in [9.17, 15) is 9.59 Å². The van der Waals surface area contributed by atoms with Crippen LogP contribution < -0.4 is 5.32 Å². The number of halogens is 1. The monoisotopic (exact) mass is 308 g/mol. The molecule has 0 aromatic heterocycles. The number of carbonyl (C=O) groups is 2. The molecule has 1 aliphatic heterocycles. The second-order valence-electron chi connectivity index (χ2n) is 4.69. The molecule has 0 aliphatic carbocycles. The molecule has 5 nitrogen and oxygen atoms in total. The number of nitrogens with zero attached hydrogens (tertiary/aromatic N) is 1. The minimum Gasteiger partial charge on any atom is -0.461 e. The van der Waals surface area contributed by atoms with Crippen molar-refractivity contribution in [2.75, 3.05) is 13.7 Å². The summed E-state index contributed by atoms with van der Waals surface area (Å²) in [6.45, 7) is 3.71. The zero-order valence-electron chi connectivity index (χ0n) is 12.1. The Morgan fingerprint density at radius 3 is 2.71 bits per heavy atom. The Hall–Kier alpha value is -2.01. The first-order valence-corrected chi connectivity index (χ1v) is 7.01. The van der Waals surface area contributed by atoms with Crippen LogP contribution in [0.25, 0.3) is 0 Å². The highest BCUT2D eigenvalue weighted by Crippen LogP contribution is 2.29. The van der Waals surface area contributed by atoms with Crippen molar-refractivity contribution in [3.63, 3.8) is 0 Å². The number of allylic oxidation sites excluding steroid dienone is 1. The number of nitrogens with one attached hydrogen (secondary N) is 1. The fraction of sp³-hybridized carbons (Fsp3) is 0.333. The van der Waals surface area contributed by atoms with E-state index in [1.54, 1.807) is 39.1 Å². The van der Waals surface area contributed by atoms with E-state index < -0.39 is 12.0 Å². The van der Waals surface area contributed by atoms with Gasteiger partial charge >= 0.3 is 5.97 Å². The van der Waals surface area contributed by atoms with Gasteiger partial charge in [-0.05, 0) is 19.9 Å². The van der Waals surface area contributed by atoms with Crippen LogP contribution in [0.15, 0.2) is 35.7 Å². The predicted octanol–water partition coefficient (Wildman–Crippen LogP) is 2.24. The Morgan fingerprint density at radius 1 is 1.43 bits per heavy atom. The zero-order valence-corrected chi connectivity index (χ0v) is 12.9. The minimum atomic E-state index is -0.609. The van der Waals surface area contributed by atoms with Crippen molar-refractivity contribution in [3.8, 4) is 0 Å². The predicted molar refractivity (Wildman–Crippen MR) is 79.4 cm³/mol. The third kappa shape index (κ3) is 2.88. The summed E-state index contributed by atoms with van der Waals surface area (Å²) in [6, 6.07) is 6.52. The average Bonchev–Trinajstić information content (AvgIpc) is 2.44. The van der Waals surface area contributed by atoms with Crippen molar-refractivity contribution in [1.29, 1.82) is 0 Å². The number of benzene rings is 1. The molecule has 1 aromatic carbocycles. The molecule has 1 aromatic rings. The number of carbonyl (C=O) groups excluding carboxylic acids is 2. The van der Waals surface area contributed by atoms with Gasteiger partial charge in [-0.2, -0.15) is 0 Å². The molecule has 1 amide bonds. The van der Waals surface area contributed by atoms with Crippen LogP contribution in [-0.2, 0) is 14.3 Å². The summed E-state index contributed by atoms with van der Waals surface area (Å²) < 4.78 is 4.98. The lowest BCUT2D eigenvalue weighted by atomic mass is 10.0. The van der Waals surface area contributed by atoms with Gasteiger partial charge in [0.2, 0.25) is 0 Å². The van der Waals surface area contributed by atoms with E-state index in [0.717, 1.165) is 0 Å². The second kappa shape index (κ2) is 6.18. The van der Waals surface area contributed by atoms with Crippen molar-refractivity contribution in [2.24, 2.45) is 0 Å². The third-order valence-electron chi connectivity index (χ3n) is 3.31. The van der Waals surface area contributed by atoms with Crippen LogP contribution in [0.1, 0.15) is 25.5 Å². The van der Waals surface area contributed by atoms with Gasteiger partial charge in [0.1, 0.15) is 11.7 Å². The van der Waals surface area contributed by atoms with Crippen molar-refractivity contribution in [1.82, 2.24) is 10.2 Å². The van der Waals surface area contributed by atoms with E-state index in [1.165, 1.54) is 4.90 Å². The van der Waals surface area contributed by atoms with Gasteiger partial charge in [-0.3, -0.25) is 4.79 Å². The molecule has 0 saturated carbocycles. The Balaban J connectivity index is 2.38. The molecule has 0 bridgehead atoms. The number of hydrogen-bond donors (Lipinski definition) is 1. The molecule has 21 heavy (non-hydrogen) atoms. The maximum Gasteiger partial charge on any atom is 0.356 e. The molecule has 1 N–H and O–H groups in total. The van der Waals surface area contributed by atoms with E-state index in [4.69, 9.17) is 16.3 Å². The number of esters is 1. The highest BCUT2D eigenvalue weighted by atomic mass is 35.5. The lowest BCUT2D eigenvalue weighted by Crippen LogP contribution is -2.46. The maximum atomic E-state index is 12.5. The summed E-state index contributed by atoms with van der Waals surface area (Å²) in [5.41, 5.74) is 1.49. The van der Waals surface area contributed by atoms with Gasteiger partial charge in [0.25, 0.3) is 5.91 Å². The van der Waals surface area contributed by atoms with Crippen molar-refractivity contribution < 1.29 is 14.3 Å². The average molecular weight is 309 g/mol. The maximum absolute atomic E-state index is 12.5. The number of ether oxygens (including phenoxy) is 1. The van der Waals surface area contributed by atoms with E-state index in [2.05, 4.69) is 5.32 Å². The van der Waals surface area contributed by atoms with Gasteiger partial charge in [-0.15, -0.1) is 0 Å². The number of hydrogen-bond acceptors (Lipinski definition) is 4. The lowest BCUT2D eigenvalue weighted by molar-refractivity contribution is -0.145. The normalized spacial score (nSPS) is 18.6. The summed E-state index contributed by atoms with van der Waals surface area (Å²) in [5.74, 6) is -0.771. The summed E-state index contributed by atoms with van der Waals surface area (Å²) >= 11 is 6.15. The molecule has 1 atom stereocenters. The quantitative estimate of drug-likeness (QED) is 0.870. The third-order valence-corrected chi connectivity index (χ3v) is 3.66. The van der Waals surface area contributed by atoms with Gasteiger partial charge in [-0.25, -0.2) is 4.79 Å². The molecule has 0 fully saturated rings. The Bertz CT molecular complexity index is 613. The zero-order chi connectivity index (χ0) is 15.6. The Morgan fingerprint density at radius 2 is 2.10 bits per heavy atom. The summed E-state index contributed by atoms with van der Waals surface area (Å²) in [6.07, 6.45) is 0. The number of rotatable bonds is 3. The minimum absolute atomic E-state index is 0.227. The van der Waals surface area contributed by atoms with E-state index in [0.29, 0.717) is 16.3 Å². The summed E-state index contributed by atoms with van der Waals surface area (Å²) in [5, 5.41) is 3.55. The number of amides is 1. The van der Waals surface area contributed by atoms with Crippen molar-refractivity contribution >= 4 is 23.5 Å². The van der Waals surface area contributed by atoms with E-state index >= 15 is 0 Å². The fourth-order valence-electron chi connectivity index (χ4n) is 2.31. The lowest BCUT2D eigenvalue weighted by Gasteiger charge is -2.33. The van der Waals surface area contributed by atoms with Gasteiger partial charge in [0.15, 0.2) is 0 Å². The van der Waals surface area contributed by atoms with Crippen molar-refractivity contribution in [2.45, 2.75) is 19.9 Å². The summed E-state index contributed by atoms with van der Waals surface area (Å²) in [7, 11) is 1.56. The molecule has 0 radical (unpaired) electrons. The van der Waals surface area contributed by atoms with Gasteiger partial charge in [0, 0.05) is 23.3 Å². The van der Waals surface area contributed by atoms with Gasteiger partial charge in [-0.1, -0.05) is 29.8 Å². The van der Waals surface area contributed by atoms with E-state index in [-0.39, 0.29) is 18.2 Å². The van der Waals surface area contributed by atoms with Gasteiger partial charge in [0.05, 0.1) is 6.61 Å². The topological polar surface area (TPSA) is 58.6 Å². The first kappa shape index (κ1) is 15.4. The largest absolute Gasteiger partial charge is 0.461 e. The molecular weight excluding hydrogens is 292 g/mol. The van der Waals surface area contributed by atoms with Gasteiger partial charge < -0.3 is 15.0 Å². The van der Waals surface area contributed by atoms with Crippen LogP contribution in [-0.4, -0.2) is 30.4 Å². The van der Waals surface area contributed by atoms with Crippen LogP contribution in [0.4, 0.5) is 0 Å². The Kier molecular flexibility index (Phi) is 4.53. The molecule has 0 spiro atoms. The Labute approximate surface area is 128 Å². The molecule has 0 saturated heterocycles. The van der Waals surface area contributed by atoms with Crippen LogP contribution in [0.5, 0.6) is 0 Å². The SMILES string of the molecule is CCOC(=O)C1=C(C)NC(c2ccccc2Cl)C(=O)N1C. The highest BCUT2D eigenvalue weighted by molar-refractivity contribution is 6.31. The summed E-state index contributed by atoms with van der Waals surface area (Å²) in [4.78, 5) is 25.8. The van der Waals surface area contributed by atoms with Crippen LogP contribution in [0.2, 0.25) is 5.02 Å². The van der Waals surface area contributed by atoms with Crippen molar-refractivity contribution in [3.05, 3.63) is 46.2 Å². The fourth-order valence-corrected chi connectivity index (χ4v) is 2.56. The molecule has 6 heteroatoms. The van der Waals surface area contributed by atoms with E-state index in [1.807, 2.05) is 6.07 Å². The molecule has 112 valence electrons. The number of likely N-dealkylation sites (N-methyl/N-ethyl adjacent to an activating group) is 1. The molecular formula is C15H17ClN2O3. The van der Waals surface area contributed by atoms with Crippen LogP contribution in [0, 0.1) is 0 Å².